The zero-order valence-corrected chi connectivity index (χ0v) is 10.4. The largest absolute Gasteiger partial charge is 0.507 e. The zero-order valence-electron chi connectivity index (χ0n) is 8.83. The highest BCUT2D eigenvalue weighted by molar-refractivity contribution is 9.10. The second-order valence-electron chi connectivity index (χ2n) is 3.52. The normalized spacial score (nSPS) is 13.4. The summed E-state index contributed by atoms with van der Waals surface area (Å²) in [5, 5.41) is 18.4. The Bertz CT molecular complexity index is 476. The molecule has 0 aliphatic carbocycles. The van der Waals surface area contributed by atoms with Gasteiger partial charge in [0.1, 0.15) is 5.75 Å². The predicted octanol–water partition coefficient (Wildman–Crippen LogP) is 2.30. The van der Waals surface area contributed by atoms with Gasteiger partial charge in [-0.25, -0.2) is 0 Å². The summed E-state index contributed by atoms with van der Waals surface area (Å²) in [6.07, 6.45) is -4.78. The third-order valence-electron chi connectivity index (χ3n) is 2.32. The number of benzene rings is 1. The van der Waals surface area contributed by atoms with Crippen LogP contribution >= 0.6 is 15.9 Å². The molecule has 0 aliphatic rings. The summed E-state index contributed by atoms with van der Waals surface area (Å²) in [6.45, 7) is -0.420. The van der Waals surface area contributed by atoms with E-state index in [0.717, 1.165) is 6.07 Å². The van der Waals surface area contributed by atoms with E-state index in [0.29, 0.717) is 6.07 Å². The van der Waals surface area contributed by atoms with E-state index in [4.69, 9.17) is 10.8 Å². The number of rotatable bonds is 3. The van der Waals surface area contributed by atoms with Crippen LogP contribution in [0.5, 0.6) is 5.75 Å². The smallest absolute Gasteiger partial charge is 0.420 e. The highest BCUT2D eigenvalue weighted by Gasteiger charge is 2.37. The zero-order chi connectivity index (χ0) is 14.1. The van der Waals surface area contributed by atoms with Crippen molar-refractivity contribution in [3.05, 3.63) is 27.7 Å². The maximum absolute atomic E-state index is 12.6. The van der Waals surface area contributed by atoms with Crippen molar-refractivity contribution >= 4 is 21.9 Å². The fourth-order valence-corrected chi connectivity index (χ4v) is 1.94. The molecule has 1 aromatic rings. The number of nitrogens with two attached hydrogens (primary N) is 1. The van der Waals surface area contributed by atoms with Crippen LogP contribution in [0.25, 0.3) is 0 Å². The van der Waals surface area contributed by atoms with Gasteiger partial charge < -0.3 is 15.9 Å². The first-order valence-electron chi connectivity index (χ1n) is 4.71. The summed E-state index contributed by atoms with van der Waals surface area (Å²) in [5.41, 5.74) is 3.53. The predicted molar refractivity (Wildman–Crippen MR) is 60.2 cm³/mol. The molecule has 0 amide bonds. The maximum Gasteiger partial charge on any atom is 0.420 e. The van der Waals surface area contributed by atoms with Crippen molar-refractivity contribution in [2.75, 3.05) is 6.54 Å². The summed E-state index contributed by atoms with van der Waals surface area (Å²) >= 11 is 2.84. The summed E-state index contributed by atoms with van der Waals surface area (Å²) < 4.78 is 37.9. The Morgan fingerprint density at radius 1 is 1.44 bits per heavy atom. The minimum atomic E-state index is -4.78. The standard InChI is InChI=1S/C10H9BrF3NO3/c11-4-1-5(6(3-15)9(17)18)8(16)7(2-4)10(12,13)14/h1-2,6,16H,3,15H2,(H,17,18). The molecule has 8 heteroatoms. The first-order chi connectivity index (χ1) is 8.18. The lowest BCUT2D eigenvalue weighted by Crippen LogP contribution is -2.22. The van der Waals surface area contributed by atoms with Crippen molar-refractivity contribution in [2.45, 2.75) is 12.1 Å². The van der Waals surface area contributed by atoms with Crippen LogP contribution in [0.15, 0.2) is 16.6 Å². The monoisotopic (exact) mass is 327 g/mol. The molecule has 1 aromatic carbocycles. The van der Waals surface area contributed by atoms with Gasteiger partial charge in [0.15, 0.2) is 0 Å². The van der Waals surface area contributed by atoms with Gasteiger partial charge in [-0.2, -0.15) is 13.2 Å². The van der Waals surface area contributed by atoms with Crippen molar-refractivity contribution in [2.24, 2.45) is 5.73 Å². The Balaban J connectivity index is 3.46. The molecule has 0 radical (unpaired) electrons. The maximum atomic E-state index is 12.6. The van der Waals surface area contributed by atoms with Crippen molar-refractivity contribution in [3.63, 3.8) is 0 Å². The van der Waals surface area contributed by atoms with Crippen LogP contribution in [-0.2, 0) is 11.0 Å². The number of phenolic OH excluding ortho intramolecular Hbond substituents is 1. The van der Waals surface area contributed by atoms with Gasteiger partial charge in [0.25, 0.3) is 0 Å². The van der Waals surface area contributed by atoms with Crippen LogP contribution in [0, 0.1) is 0 Å². The number of carboxylic acids is 1. The molecule has 4 nitrogen and oxygen atoms in total. The van der Waals surface area contributed by atoms with Gasteiger partial charge in [-0.1, -0.05) is 15.9 Å². The quantitative estimate of drug-likeness (QED) is 0.795. The molecule has 18 heavy (non-hydrogen) atoms. The lowest BCUT2D eigenvalue weighted by atomic mass is 9.96. The number of carbonyl (C=O) groups is 1. The fraction of sp³-hybridized carbons (Fsp3) is 0.300. The van der Waals surface area contributed by atoms with E-state index in [2.05, 4.69) is 15.9 Å². The second-order valence-corrected chi connectivity index (χ2v) is 4.43. The minimum absolute atomic E-state index is 0.0160. The van der Waals surface area contributed by atoms with Crippen molar-refractivity contribution in [1.29, 1.82) is 0 Å². The average molecular weight is 328 g/mol. The Morgan fingerprint density at radius 2 is 2.00 bits per heavy atom. The molecule has 1 atom stereocenters. The lowest BCUT2D eigenvalue weighted by molar-refractivity contribution is -0.140. The molecule has 4 N–H and O–H groups in total. The van der Waals surface area contributed by atoms with E-state index in [1.165, 1.54) is 0 Å². The van der Waals surface area contributed by atoms with Crippen molar-refractivity contribution in [1.82, 2.24) is 0 Å². The molecule has 0 aliphatic heterocycles. The Hall–Kier alpha value is -1.28. The number of aliphatic carboxylic acids is 1. The molecule has 0 bridgehead atoms. The van der Waals surface area contributed by atoms with Gasteiger partial charge in [0.05, 0.1) is 11.5 Å². The lowest BCUT2D eigenvalue weighted by Gasteiger charge is -2.17. The summed E-state index contributed by atoms with van der Waals surface area (Å²) in [4.78, 5) is 10.9. The molecule has 1 rings (SSSR count). The third kappa shape index (κ3) is 2.94. The molecule has 0 aromatic heterocycles. The van der Waals surface area contributed by atoms with Crippen molar-refractivity contribution < 1.29 is 28.2 Å². The van der Waals surface area contributed by atoms with E-state index in [-0.39, 0.29) is 10.0 Å². The molecule has 0 saturated heterocycles. The fourth-order valence-electron chi connectivity index (χ4n) is 1.46. The highest BCUT2D eigenvalue weighted by atomic mass is 79.9. The number of hydrogen-bond acceptors (Lipinski definition) is 3. The van der Waals surface area contributed by atoms with Crippen molar-refractivity contribution in [3.8, 4) is 5.75 Å². The molecule has 1 unspecified atom stereocenters. The molecular weight excluding hydrogens is 319 g/mol. The first-order valence-corrected chi connectivity index (χ1v) is 5.50. The molecule has 100 valence electrons. The van der Waals surface area contributed by atoms with Crippen LogP contribution in [-0.4, -0.2) is 22.7 Å². The average Bonchev–Trinajstić information content (AvgIpc) is 2.21. The van der Waals surface area contributed by atoms with Gasteiger partial charge in [-0.05, 0) is 12.1 Å². The summed E-state index contributed by atoms with van der Waals surface area (Å²) in [5.74, 6) is -3.91. The van der Waals surface area contributed by atoms with Crippen LogP contribution in [0.2, 0.25) is 0 Å². The summed E-state index contributed by atoms with van der Waals surface area (Å²) in [7, 11) is 0. The number of carboxylic acid groups (broad SMARTS) is 1. The van der Waals surface area contributed by atoms with Crippen LogP contribution in [0.1, 0.15) is 17.0 Å². The number of halogens is 4. The van der Waals surface area contributed by atoms with Gasteiger partial charge in [0, 0.05) is 16.6 Å². The molecule has 0 spiro atoms. The van der Waals surface area contributed by atoms with Gasteiger partial charge in [-0.15, -0.1) is 0 Å². The van der Waals surface area contributed by atoms with Gasteiger partial charge >= 0.3 is 12.1 Å². The van der Waals surface area contributed by atoms with Crippen LogP contribution < -0.4 is 5.73 Å². The third-order valence-corrected chi connectivity index (χ3v) is 2.78. The molecule has 0 fully saturated rings. The Labute approximate surface area is 108 Å². The van der Waals surface area contributed by atoms with Crippen LogP contribution in [0.4, 0.5) is 13.2 Å². The number of alkyl halides is 3. The van der Waals surface area contributed by atoms with Gasteiger partial charge in [0.2, 0.25) is 0 Å². The molecule has 0 saturated carbocycles. The highest BCUT2D eigenvalue weighted by Crippen LogP contribution is 2.41. The number of hydrogen-bond donors (Lipinski definition) is 3. The molecule has 0 heterocycles. The van der Waals surface area contributed by atoms with E-state index in [9.17, 15) is 23.1 Å². The molecular formula is C10H9BrF3NO3. The van der Waals surface area contributed by atoms with Crippen LogP contribution in [0.3, 0.4) is 0 Å². The topological polar surface area (TPSA) is 83.6 Å². The van der Waals surface area contributed by atoms with E-state index in [1.807, 2.05) is 0 Å². The van der Waals surface area contributed by atoms with E-state index in [1.54, 1.807) is 0 Å². The first kappa shape index (κ1) is 14.8. The van der Waals surface area contributed by atoms with E-state index < -0.39 is 35.9 Å². The minimum Gasteiger partial charge on any atom is -0.507 e. The van der Waals surface area contributed by atoms with Gasteiger partial charge in [-0.3, -0.25) is 4.79 Å². The number of aromatic hydroxyl groups is 1. The SMILES string of the molecule is NCC(C(=O)O)c1cc(Br)cc(C(F)(F)F)c1O. The summed E-state index contributed by atoms with van der Waals surface area (Å²) in [6, 6.07) is 1.78. The number of phenols is 1. The van der Waals surface area contributed by atoms with E-state index >= 15 is 0 Å². The Kier molecular flexibility index (Phi) is 4.23. The Morgan fingerprint density at radius 3 is 2.39 bits per heavy atom. The second kappa shape index (κ2) is 5.15.